The van der Waals surface area contributed by atoms with Gasteiger partial charge in [0.1, 0.15) is 0 Å². The first-order valence-electron chi connectivity index (χ1n) is 5.33. The van der Waals surface area contributed by atoms with Gasteiger partial charge >= 0.3 is 0 Å². The Morgan fingerprint density at radius 1 is 0.205 bits per heavy atom. The van der Waals surface area contributed by atoms with Crippen molar-refractivity contribution in [2.45, 2.75) is 0 Å². The quantitative estimate of drug-likeness (QED) is 0.209. The van der Waals surface area contributed by atoms with E-state index in [1.165, 1.54) is 0 Å². The molecule has 39 heavy (non-hydrogen) atoms. The molecule has 0 aromatic carbocycles. The van der Waals surface area contributed by atoms with E-state index < -0.39 is 59.7 Å². The molecule has 0 amide bonds. The molecule has 0 aromatic heterocycles. The van der Waals surface area contributed by atoms with E-state index in [2.05, 4.69) is 0 Å². The maximum atomic E-state index is 8.93. The smallest absolute Gasteiger partial charge is 0.0870 e. The molecule has 0 bridgehead atoms. The number of carbonyl (C=O) groups is 10. The summed E-state index contributed by atoms with van der Waals surface area (Å²) >= 11 is 0. The monoisotopic (exact) mass is 724 g/mol. The summed E-state index contributed by atoms with van der Waals surface area (Å²) in [6.45, 7) is 0. The molecule has 0 rings (SSSR count). The van der Waals surface area contributed by atoms with Gasteiger partial charge in [0, 0.05) is 74.2 Å². The second kappa shape index (κ2) is 55.4. The molecule has 0 N–H and O–H groups in total. The fourth-order valence-corrected chi connectivity index (χ4v) is 0. The van der Waals surface area contributed by atoms with E-state index in [9.17, 15) is 0 Å². The van der Waals surface area contributed by atoms with E-state index in [4.69, 9.17) is 99.0 Å². The molecule has 0 heterocycles. The summed E-state index contributed by atoms with van der Waals surface area (Å²) in [4.78, 5) is 89.3. The Morgan fingerprint density at radius 2 is 0.231 bits per heavy atom. The van der Waals surface area contributed by atoms with Crippen LogP contribution >= 0.6 is 0 Å². The van der Waals surface area contributed by atoms with Gasteiger partial charge in [-0.2, -0.15) is 0 Å². The second-order valence-electron chi connectivity index (χ2n) is 2.87. The Morgan fingerprint density at radius 3 is 0.231 bits per heavy atom. The van der Waals surface area contributed by atoms with Crippen LogP contribution in [-0.2, 0) is 150 Å². The third kappa shape index (κ3) is 133. The normalized spacial score (nSPS) is 5.64. The summed E-state index contributed by atoms with van der Waals surface area (Å²) in [5.41, 5.74) is 0. The molecule has 25 nitrogen and oxygen atoms in total. The van der Waals surface area contributed by atoms with E-state index in [0.29, 0.717) is 0 Å². The maximum absolute atomic E-state index is 8.93. The van der Waals surface area contributed by atoms with Gasteiger partial charge in [0.05, 0.1) is 59.7 Å². The molecular formula is C10O25V4-20. The first kappa shape index (κ1) is 91.2. The van der Waals surface area contributed by atoms with Crippen LogP contribution in [0.3, 0.4) is 0 Å². The number of hydrogen-bond acceptors (Lipinski definition) is 20. The summed E-state index contributed by atoms with van der Waals surface area (Å²) in [6.07, 6.45) is 0. The Labute approximate surface area is 259 Å². The zero-order valence-corrected chi connectivity index (χ0v) is 22.6. The Hall–Kier alpha value is -3.16. The van der Waals surface area contributed by atoms with Gasteiger partial charge in [0.25, 0.3) is 0 Å². The van der Waals surface area contributed by atoms with E-state index in [0.717, 1.165) is 0 Å². The summed E-state index contributed by atoms with van der Waals surface area (Å²) < 4.78 is 0. The van der Waals surface area contributed by atoms with Crippen molar-refractivity contribution in [2.24, 2.45) is 0 Å². The van der Waals surface area contributed by atoms with Gasteiger partial charge < -0.3 is 126 Å². The minimum atomic E-state index is -2.19. The summed E-state index contributed by atoms with van der Waals surface area (Å²) in [6, 6.07) is 0. The summed E-state index contributed by atoms with van der Waals surface area (Å²) in [5, 5.41) is 89.3. The molecule has 0 aliphatic rings. The molecule has 0 atom stereocenters. The van der Waals surface area contributed by atoms with Crippen molar-refractivity contribution in [1.82, 2.24) is 0 Å². The molecule has 0 fully saturated rings. The molecular weight excluding hydrogens is 724 g/mol. The van der Waals surface area contributed by atoms with Crippen LogP contribution in [0.2, 0.25) is 0 Å². The first-order chi connectivity index (χ1) is 13.2. The summed E-state index contributed by atoms with van der Waals surface area (Å²) in [5.74, 6) is -21.9. The Bertz CT molecular complexity index is 518. The maximum Gasteiger partial charge on any atom is 0.0870 e. The Balaban J connectivity index is -0.0000000158. The van der Waals surface area contributed by atoms with Crippen molar-refractivity contribution >= 4 is 59.7 Å². The van der Waals surface area contributed by atoms with Crippen molar-refractivity contribution < 1.29 is 201 Å². The zero-order valence-electron chi connectivity index (χ0n) is 17.0. The van der Waals surface area contributed by atoms with Crippen LogP contribution in [0.4, 0.5) is 0 Å². The molecule has 0 unspecified atom stereocenters. The van der Waals surface area contributed by atoms with Crippen molar-refractivity contribution in [3.8, 4) is 0 Å². The molecule has 0 aliphatic carbocycles. The average Bonchev–Trinajstić information content (AvgIpc) is 2.56. The minimum Gasteiger partial charge on any atom is -2.00 e. The van der Waals surface area contributed by atoms with Gasteiger partial charge in [0.2, 0.25) is 0 Å². The molecule has 0 aromatic rings. The molecule has 0 spiro atoms. The molecule has 29 heteroatoms. The summed E-state index contributed by atoms with van der Waals surface area (Å²) in [7, 11) is 0. The van der Waals surface area contributed by atoms with Gasteiger partial charge in [-0.3, -0.25) is 0 Å². The molecule has 0 aliphatic heterocycles. The van der Waals surface area contributed by atoms with Crippen molar-refractivity contribution in [3.05, 3.63) is 0 Å². The largest absolute Gasteiger partial charge is 2.00 e. The van der Waals surface area contributed by atoms with Gasteiger partial charge in [-0.25, -0.2) is 0 Å². The van der Waals surface area contributed by atoms with Gasteiger partial charge in [-0.1, -0.05) is 0 Å². The predicted octanol–water partition coefficient (Wildman–Crippen LogP) is -18.2. The van der Waals surface area contributed by atoms with Crippen LogP contribution < -0.4 is 51.1 Å². The Kier molecular flexibility index (Phi) is 130. The predicted molar refractivity (Wildman–Crippen MR) is 53.5 cm³/mol. The SMILES string of the molecule is O=C([O-])C(=O)[O-].O=C([O-])C(=O)[O-].O=C([O-])C(=O)[O-].O=C([O-])C(=O)[O-].O=C([O-])C(=O)[O-].[O-2].[O-2].[O-2].[O-2].[O-2].[V].[V].[V].[V]. The third-order valence-corrected chi connectivity index (χ3v) is 0.833. The van der Waals surface area contributed by atoms with Gasteiger partial charge in [-0.05, 0) is 0 Å². The van der Waals surface area contributed by atoms with E-state index in [1.54, 1.807) is 0 Å². The van der Waals surface area contributed by atoms with Gasteiger partial charge in [-0.15, -0.1) is 0 Å². The van der Waals surface area contributed by atoms with Crippen LogP contribution in [0.5, 0.6) is 0 Å². The van der Waals surface area contributed by atoms with Crippen LogP contribution in [-0.4, -0.2) is 59.7 Å². The number of aliphatic carboxylic acids is 10. The standard InChI is InChI=1S/5C2H2O4.5O.4V/c5*3-1(4)2(5)6;;;;;;;;;/h5*(H,3,4)(H,5,6);;;;;;;;;/q;;;;;5*-2;;;;/p-10. The second-order valence-corrected chi connectivity index (χ2v) is 2.87. The molecule has 0 saturated carbocycles. The van der Waals surface area contributed by atoms with Gasteiger partial charge in [0.15, 0.2) is 0 Å². The van der Waals surface area contributed by atoms with Crippen LogP contribution in [0.25, 0.3) is 0 Å². The third-order valence-electron chi connectivity index (χ3n) is 0.833. The first-order valence-corrected chi connectivity index (χ1v) is 5.33. The average molecular weight is 724 g/mol. The van der Waals surface area contributed by atoms with Crippen LogP contribution in [0.1, 0.15) is 0 Å². The van der Waals surface area contributed by atoms with Crippen LogP contribution in [0.15, 0.2) is 0 Å². The minimum absolute atomic E-state index is 0. The van der Waals surface area contributed by atoms with E-state index >= 15 is 0 Å². The number of rotatable bonds is 0. The number of carboxylic acids is 10. The van der Waals surface area contributed by atoms with E-state index in [1.807, 2.05) is 0 Å². The molecule has 230 valence electrons. The fourth-order valence-electron chi connectivity index (χ4n) is 0. The number of carbonyl (C=O) groups excluding carboxylic acids is 10. The molecule has 0 saturated heterocycles. The van der Waals surface area contributed by atoms with Crippen molar-refractivity contribution in [2.75, 3.05) is 0 Å². The van der Waals surface area contributed by atoms with Crippen molar-refractivity contribution in [3.63, 3.8) is 0 Å². The molecule has 4 radical (unpaired) electrons. The van der Waals surface area contributed by atoms with Crippen LogP contribution in [0, 0.1) is 0 Å². The number of hydrogen-bond donors (Lipinski definition) is 0. The zero-order chi connectivity index (χ0) is 25.8. The number of carboxylic acid groups (broad SMARTS) is 10. The fraction of sp³-hybridized carbons (Fsp3) is 0. The topological polar surface area (TPSA) is 544 Å². The van der Waals surface area contributed by atoms with Crippen molar-refractivity contribution in [1.29, 1.82) is 0 Å². The van der Waals surface area contributed by atoms with E-state index in [-0.39, 0.29) is 102 Å².